The number of nitrogens with zero attached hydrogens (tertiary/aromatic N) is 5. The van der Waals surface area contributed by atoms with E-state index in [2.05, 4.69) is 63.3 Å². The predicted octanol–water partition coefficient (Wildman–Crippen LogP) is 6.05. The molecule has 7 atom stereocenters. The maximum atomic E-state index is 16.3. The number of rotatable bonds is 10. The molecule has 14 heteroatoms. The molecule has 2 aromatic carbocycles. The molecule has 13 nitrogen and oxygen atoms in total. The van der Waals surface area contributed by atoms with Crippen LogP contribution in [0.3, 0.4) is 0 Å². The zero-order chi connectivity index (χ0) is 42.1. The molecule has 8 rings (SSSR count). The normalized spacial score (nSPS) is 33.8. The number of carbonyl (C=O) groups excluding carboxylic acids is 1. The topological polar surface area (TPSA) is 146 Å². The van der Waals surface area contributed by atoms with E-state index in [1.54, 1.807) is 25.3 Å². The number of hydrogen-bond acceptors (Lipinski definition) is 9. The van der Waals surface area contributed by atoms with Gasteiger partial charge >= 0.3 is 6.17 Å². The first-order valence-corrected chi connectivity index (χ1v) is 22.5. The Kier molecular flexibility index (Phi) is 12.6. The lowest BCUT2D eigenvalue weighted by Gasteiger charge is -2.36. The molecule has 2 saturated carbocycles. The Labute approximate surface area is 354 Å². The van der Waals surface area contributed by atoms with Gasteiger partial charge in [-0.25, -0.2) is 19.3 Å². The molecule has 2 aromatic rings. The van der Waals surface area contributed by atoms with Crippen LogP contribution >= 0.6 is 0 Å². The first-order valence-electron chi connectivity index (χ1n) is 22.5. The molecule has 6 aliphatic rings. The summed E-state index contributed by atoms with van der Waals surface area (Å²) in [5.41, 5.74) is 13.0. The third-order valence-electron chi connectivity index (χ3n) is 14.8. The van der Waals surface area contributed by atoms with Crippen LogP contribution in [-0.2, 0) is 4.79 Å². The summed E-state index contributed by atoms with van der Waals surface area (Å²) in [7, 11) is 1.55. The van der Waals surface area contributed by atoms with Gasteiger partial charge in [-0.15, -0.1) is 5.43 Å². The maximum Gasteiger partial charge on any atom is 0.313 e. The number of amides is 1. The second-order valence-corrected chi connectivity index (χ2v) is 18.6. The second kappa shape index (κ2) is 17.9. The average molecular weight is 826 g/mol. The van der Waals surface area contributed by atoms with Crippen molar-refractivity contribution in [1.82, 2.24) is 26.5 Å². The molecule has 1 amide bonds. The molecular formula is C46H64FN9O4+2. The van der Waals surface area contributed by atoms with Gasteiger partial charge in [-0.05, 0) is 113 Å². The van der Waals surface area contributed by atoms with Crippen molar-refractivity contribution in [3.05, 3.63) is 63.8 Å². The predicted molar refractivity (Wildman–Crippen MR) is 227 cm³/mol. The van der Waals surface area contributed by atoms with E-state index in [1.807, 2.05) is 26.0 Å². The van der Waals surface area contributed by atoms with Crippen molar-refractivity contribution in [3.8, 4) is 17.6 Å². The molecule has 2 saturated heterocycles. The fourth-order valence-corrected chi connectivity index (χ4v) is 10.9. The summed E-state index contributed by atoms with van der Waals surface area (Å²) < 4.78 is 30.2. The Morgan fingerprint density at radius 3 is 2.55 bits per heavy atom. The fraction of sp³-hybridized carbons (Fsp3) is 0.652. The number of nitrogens with one attached hydrogen (secondary N) is 4. The number of carbonyl (C=O) groups is 1. The third kappa shape index (κ3) is 8.68. The number of ether oxygens (including phenoxy) is 2. The summed E-state index contributed by atoms with van der Waals surface area (Å²) in [5.74, 6) is 1.68. The summed E-state index contributed by atoms with van der Waals surface area (Å²) in [6, 6.07) is 12.8. The van der Waals surface area contributed by atoms with Gasteiger partial charge in [0, 0.05) is 48.4 Å². The average Bonchev–Trinajstić information content (AvgIpc) is 3.75. The van der Waals surface area contributed by atoms with Gasteiger partial charge in [-0.1, -0.05) is 26.3 Å². The van der Waals surface area contributed by atoms with Crippen molar-refractivity contribution in [1.29, 1.82) is 5.26 Å². The molecule has 0 radical (unpaired) electrons. The number of benzene rings is 2. The molecule has 0 aromatic heterocycles. The molecule has 6 unspecified atom stereocenters. The van der Waals surface area contributed by atoms with Crippen LogP contribution in [0.2, 0.25) is 0 Å². The summed E-state index contributed by atoms with van der Waals surface area (Å²) in [6.45, 7) is 10.0. The van der Waals surface area contributed by atoms with Crippen molar-refractivity contribution in [3.63, 3.8) is 0 Å². The van der Waals surface area contributed by atoms with Gasteiger partial charge in [0.2, 0.25) is 12.1 Å². The molecular weight excluding hydrogens is 762 g/mol. The highest BCUT2D eigenvalue weighted by molar-refractivity contribution is 6.03. The minimum absolute atomic E-state index is 0.0253. The molecule has 4 aliphatic heterocycles. The molecule has 2 aliphatic carbocycles. The lowest BCUT2D eigenvalue weighted by atomic mass is 9.68. The minimum Gasteiger partial charge on any atom is -0.495 e. The first kappa shape index (κ1) is 42.2. The van der Waals surface area contributed by atoms with Crippen molar-refractivity contribution >= 4 is 17.8 Å². The van der Waals surface area contributed by atoms with Crippen LogP contribution in [0.4, 0.5) is 4.39 Å². The number of nitroso groups, excluding NO2 is 1. The molecule has 60 heavy (non-hydrogen) atoms. The maximum absolute atomic E-state index is 16.3. The van der Waals surface area contributed by atoms with E-state index in [9.17, 15) is 15.0 Å². The van der Waals surface area contributed by atoms with Gasteiger partial charge in [-0.3, -0.25) is 9.79 Å². The number of halogens is 1. The van der Waals surface area contributed by atoms with Gasteiger partial charge in [0.05, 0.1) is 29.4 Å². The van der Waals surface area contributed by atoms with Gasteiger partial charge in [-0.2, -0.15) is 10.7 Å². The molecule has 4 heterocycles. The molecule has 322 valence electrons. The molecule has 0 bridgehead atoms. The lowest BCUT2D eigenvalue weighted by molar-refractivity contribution is -0.630. The highest BCUT2D eigenvalue weighted by atomic mass is 19.1. The van der Waals surface area contributed by atoms with E-state index in [-0.39, 0.29) is 65.5 Å². The van der Waals surface area contributed by atoms with Crippen LogP contribution < -0.4 is 31.1 Å². The standard InChI is InChI=1S/C46H63FN9O4/c1-6-28(2)38-26-55-30(4)53-56(58)45(55)29(3)49-43(38)37-14-8-32(23-39(37)47)31-17-19-46(20-18-31)21-22-54(27-46)42-16-15-40(51-52-42)44(57)50-34-9-12-35(13-10-34)60-36-11-7-33(25-48)41(24-36)59-5/h7-8,11,14,22-24,28-31,34-35,38,40,42,45,51-52H,6,9-10,12-13,15-21,26-27H2,1-5H3,(H-,50,53,57,58)/q+1/p+1/t28?,29-,30?,31?,34?,35?,38?,40?,42?,45?,46?/m0/s1. The van der Waals surface area contributed by atoms with E-state index in [0.29, 0.717) is 35.1 Å². The Balaban J connectivity index is 0.794. The Hall–Kier alpha value is -4.45. The SMILES string of the molecule is CCC(C)C1CN2C(C)N[N+](=O)C2[C@H](C)N=C1c1ccc(C2CCC3(CC=[N+](C4CCC(C(=O)NC5CCC(Oc6ccc(C#N)c(OC)c6)CC5)NN4)C3)CC2)cc1F. The number of hydrogen-bond donors (Lipinski definition) is 4. The summed E-state index contributed by atoms with van der Waals surface area (Å²) >= 11 is 0. The molecule has 1 spiro atoms. The van der Waals surface area contributed by atoms with Crippen LogP contribution in [0.25, 0.3) is 0 Å². The lowest BCUT2D eigenvalue weighted by Crippen LogP contribution is -2.61. The van der Waals surface area contributed by atoms with E-state index in [0.717, 1.165) is 99.7 Å². The van der Waals surface area contributed by atoms with E-state index < -0.39 is 6.17 Å². The van der Waals surface area contributed by atoms with Crippen molar-refractivity contribution in [2.75, 3.05) is 20.2 Å². The van der Waals surface area contributed by atoms with Crippen molar-refractivity contribution in [2.45, 2.75) is 153 Å². The highest BCUT2D eigenvalue weighted by Gasteiger charge is 2.52. The van der Waals surface area contributed by atoms with Crippen LogP contribution in [0, 0.1) is 39.3 Å². The van der Waals surface area contributed by atoms with E-state index in [4.69, 9.17) is 14.5 Å². The zero-order valence-corrected chi connectivity index (χ0v) is 36.0. The second-order valence-electron chi connectivity index (χ2n) is 18.6. The quantitative estimate of drug-likeness (QED) is 0.211. The largest absolute Gasteiger partial charge is 0.495 e. The first-order chi connectivity index (χ1) is 29.0. The summed E-state index contributed by atoms with van der Waals surface area (Å²) in [6.07, 6.45) is 13.4. The third-order valence-corrected chi connectivity index (χ3v) is 14.8. The van der Waals surface area contributed by atoms with Gasteiger partial charge in [0.25, 0.3) is 0 Å². The number of nitriles is 1. The minimum atomic E-state index is -0.406. The Bertz CT molecular complexity index is 2010. The Morgan fingerprint density at radius 1 is 1.08 bits per heavy atom. The number of methoxy groups -OCH3 is 1. The molecule has 4 fully saturated rings. The highest BCUT2D eigenvalue weighted by Crippen LogP contribution is 2.47. The monoisotopic (exact) mass is 826 g/mol. The summed E-state index contributed by atoms with van der Waals surface area (Å²) in [4.78, 5) is 34.3. The van der Waals surface area contributed by atoms with Crippen molar-refractivity contribution < 1.29 is 28.1 Å². The number of hydrazine groups is 2. The molecule has 4 N–H and O–H groups in total. The van der Waals surface area contributed by atoms with E-state index in [1.165, 1.54) is 0 Å². The number of fused-ring (bicyclic) bond motifs is 1. The summed E-state index contributed by atoms with van der Waals surface area (Å²) in [5, 5.41) is 12.5. The van der Waals surface area contributed by atoms with E-state index >= 15 is 4.39 Å². The van der Waals surface area contributed by atoms with Gasteiger partial charge in [0.15, 0.2) is 0 Å². The van der Waals surface area contributed by atoms with Crippen LogP contribution in [0.15, 0.2) is 41.4 Å². The van der Waals surface area contributed by atoms with Crippen LogP contribution in [0.5, 0.6) is 11.5 Å². The Morgan fingerprint density at radius 2 is 1.87 bits per heavy atom. The zero-order valence-electron chi connectivity index (χ0n) is 36.0. The van der Waals surface area contributed by atoms with Gasteiger partial charge in [0.1, 0.15) is 59.3 Å². The number of aliphatic imine (C=N–C) groups is 1. The fourth-order valence-electron chi connectivity index (χ4n) is 10.9. The van der Waals surface area contributed by atoms with Crippen LogP contribution in [-0.4, -0.2) is 95.1 Å². The van der Waals surface area contributed by atoms with Gasteiger partial charge < -0.3 is 14.8 Å². The van der Waals surface area contributed by atoms with Crippen molar-refractivity contribution in [2.24, 2.45) is 22.2 Å². The van der Waals surface area contributed by atoms with Crippen LogP contribution in [0.1, 0.15) is 127 Å². The smallest absolute Gasteiger partial charge is 0.313 e.